The van der Waals surface area contributed by atoms with E-state index < -0.39 is 0 Å². The maximum atomic E-state index is 5.93. The van der Waals surface area contributed by atoms with Crippen molar-refractivity contribution in [2.24, 2.45) is 0 Å². The number of aryl methyl sites for hydroxylation is 2. The predicted molar refractivity (Wildman–Crippen MR) is 81.9 cm³/mol. The highest BCUT2D eigenvalue weighted by atomic mass is 16.5. The number of nitrogens with one attached hydrogen (secondary N) is 1. The molecule has 0 amide bonds. The van der Waals surface area contributed by atoms with Gasteiger partial charge in [0, 0.05) is 12.2 Å². The van der Waals surface area contributed by atoms with Crippen LogP contribution in [-0.4, -0.2) is 11.5 Å². The van der Waals surface area contributed by atoms with Crippen molar-refractivity contribution in [1.82, 2.24) is 10.3 Å². The maximum Gasteiger partial charge on any atom is 0.142 e. The first kappa shape index (κ1) is 14.5. The fraction of sp³-hybridized carbons (Fsp3) is 0.353. The Bertz CT molecular complexity index is 567. The molecule has 1 heterocycles. The van der Waals surface area contributed by atoms with Crippen molar-refractivity contribution in [3.8, 4) is 5.75 Å². The first-order valence-corrected chi connectivity index (χ1v) is 7.04. The minimum absolute atomic E-state index is 0.575. The molecule has 0 aliphatic heterocycles. The zero-order valence-electron chi connectivity index (χ0n) is 12.4. The van der Waals surface area contributed by atoms with E-state index in [1.807, 2.05) is 19.1 Å². The third-order valence-electron chi connectivity index (χ3n) is 3.09. The van der Waals surface area contributed by atoms with Gasteiger partial charge in [-0.15, -0.1) is 0 Å². The van der Waals surface area contributed by atoms with E-state index in [0.29, 0.717) is 6.61 Å². The maximum absolute atomic E-state index is 5.93. The van der Waals surface area contributed by atoms with Crippen LogP contribution in [0.2, 0.25) is 0 Å². The van der Waals surface area contributed by atoms with Crippen molar-refractivity contribution in [3.05, 3.63) is 58.9 Å². The summed E-state index contributed by atoms with van der Waals surface area (Å²) in [5.41, 5.74) is 4.42. The van der Waals surface area contributed by atoms with E-state index in [1.54, 1.807) is 0 Å². The molecule has 2 aromatic rings. The molecule has 3 heteroatoms. The van der Waals surface area contributed by atoms with Gasteiger partial charge in [-0.25, -0.2) is 0 Å². The fourth-order valence-corrected chi connectivity index (χ4v) is 2.06. The lowest BCUT2D eigenvalue weighted by Gasteiger charge is -2.12. The van der Waals surface area contributed by atoms with Gasteiger partial charge in [0.1, 0.15) is 12.4 Å². The second-order valence-corrected chi connectivity index (χ2v) is 4.96. The normalized spacial score (nSPS) is 10.6. The summed E-state index contributed by atoms with van der Waals surface area (Å²) >= 11 is 0. The topological polar surface area (TPSA) is 34.2 Å². The molecule has 1 N–H and O–H groups in total. The molecular weight excluding hydrogens is 248 g/mol. The van der Waals surface area contributed by atoms with Crippen LogP contribution in [0, 0.1) is 13.8 Å². The molecule has 2 rings (SSSR count). The van der Waals surface area contributed by atoms with Crippen molar-refractivity contribution >= 4 is 0 Å². The molecule has 0 saturated carbocycles. The fourth-order valence-electron chi connectivity index (χ4n) is 2.06. The summed E-state index contributed by atoms with van der Waals surface area (Å²) in [6.45, 7) is 8.41. The SMILES string of the molecule is CCNCc1nc(C)ccc1OCc1cccc(C)c1. The van der Waals surface area contributed by atoms with Crippen LogP contribution in [-0.2, 0) is 13.2 Å². The number of hydrogen-bond donors (Lipinski definition) is 1. The number of rotatable bonds is 6. The molecule has 0 saturated heterocycles. The molecule has 0 fully saturated rings. The van der Waals surface area contributed by atoms with E-state index in [0.717, 1.165) is 30.2 Å². The van der Waals surface area contributed by atoms with Crippen LogP contribution in [0.1, 0.15) is 29.4 Å². The minimum atomic E-state index is 0.575. The lowest BCUT2D eigenvalue weighted by molar-refractivity contribution is 0.300. The quantitative estimate of drug-likeness (QED) is 0.873. The van der Waals surface area contributed by atoms with Crippen LogP contribution in [0.15, 0.2) is 36.4 Å². The molecular formula is C17H22N2O. The van der Waals surface area contributed by atoms with E-state index in [-0.39, 0.29) is 0 Å². The molecule has 1 aromatic carbocycles. The first-order chi connectivity index (χ1) is 9.69. The van der Waals surface area contributed by atoms with Gasteiger partial charge in [-0.1, -0.05) is 36.8 Å². The zero-order chi connectivity index (χ0) is 14.4. The Morgan fingerprint density at radius 3 is 2.75 bits per heavy atom. The Balaban J connectivity index is 2.08. The molecule has 106 valence electrons. The Hall–Kier alpha value is -1.87. The van der Waals surface area contributed by atoms with Gasteiger partial charge in [0.15, 0.2) is 0 Å². The van der Waals surface area contributed by atoms with Crippen molar-refractivity contribution in [1.29, 1.82) is 0 Å². The molecule has 0 spiro atoms. The number of nitrogens with zero attached hydrogens (tertiary/aromatic N) is 1. The Morgan fingerprint density at radius 1 is 1.15 bits per heavy atom. The zero-order valence-corrected chi connectivity index (χ0v) is 12.4. The summed E-state index contributed by atoms with van der Waals surface area (Å²) in [5.74, 6) is 0.859. The molecule has 0 radical (unpaired) electrons. The van der Waals surface area contributed by atoms with Crippen LogP contribution in [0.25, 0.3) is 0 Å². The minimum Gasteiger partial charge on any atom is -0.487 e. The van der Waals surface area contributed by atoms with E-state index in [2.05, 4.69) is 48.4 Å². The molecule has 0 bridgehead atoms. The molecule has 0 aliphatic carbocycles. The number of aromatic nitrogens is 1. The van der Waals surface area contributed by atoms with Gasteiger partial charge < -0.3 is 10.1 Å². The van der Waals surface area contributed by atoms with Gasteiger partial charge in [-0.2, -0.15) is 0 Å². The van der Waals surface area contributed by atoms with E-state index in [4.69, 9.17) is 4.74 Å². The van der Waals surface area contributed by atoms with Crippen molar-refractivity contribution in [2.45, 2.75) is 33.9 Å². The first-order valence-electron chi connectivity index (χ1n) is 7.04. The summed E-state index contributed by atoms with van der Waals surface area (Å²) in [5, 5.41) is 3.30. The second-order valence-electron chi connectivity index (χ2n) is 4.96. The Kier molecular flexibility index (Phi) is 5.13. The monoisotopic (exact) mass is 270 g/mol. The molecule has 0 unspecified atom stereocenters. The number of ether oxygens (including phenoxy) is 1. The van der Waals surface area contributed by atoms with Gasteiger partial charge in [0.05, 0.1) is 5.69 Å². The summed E-state index contributed by atoms with van der Waals surface area (Å²) in [7, 11) is 0. The average Bonchev–Trinajstić information content (AvgIpc) is 2.44. The lowest BCUT2D eigenvalue weighted by Crippen LogP contribution is -2.14. The summed E-state index contributed by atoms with van der Waals surface area (Å²) in [6, 6.07) is 12.4. The largest absolute Gasteiger partial charge is 0.487 e. The van der Waals surface area contributed by atoms with Gasteiger partial charge in [-0.05, 0) is 38.1 Å². The summed E-state index contributed by atoms with van der Waals surface area (Å²) in [4.78, 5) is 4.55. The molecule has 0 aliphatic rings. The second kappa shape index (κ2) is 7.06. The predicted octanol–water partition coefficient (Wildman–Crippen LogP) is 3.39. The third kappa shape index (κ3) is 4.07. The smallest absolute Gasteiger partial charge is 0.142 e. The highest BCUT2D eigenvalue weighted by Gasteiger charge is 2.06. The van der Waals surface area contributed by atoms with E-state index >= 15 is 0 Å². The van der Waals surface area contributed by atoms with Crippen LogP contribution >= 0.6 is 0 Å². The molecule has 20 heavy (non-hydrogen) atoms. The highest BCUT2D eigenvalue weighted by molar-refractivity contribution is 5.30. The van der Waals surface area contributed by atoms with Gasteiger partial charge in [-0.3, -0.25) is 4.98 Å². The number of pyridine rings is 1. The van der Waals surface area contributed by atoms with E-state index in [9.17, 15) is 0 Å². The van der Waals surface area contributed by atoms with Crippen molar-refractivity contribution in [3.63, 3.8) is 0 Å². The van der Waals surface area contributed by atoms with Crippen LogP contribution in [0.4, 0.5) is 0 Å². The molecule has 0 atom stereocenters. The van der Waals surface area contributed by atoms with Gasteiger partial charge in [0.25, 0.3) is 0 Å². The van der Waals surface area contributed by atoms with Gasteiger partial charge >= 0.3 is 0 Å². The highest BCUT2D eigenvalue weighted by Crippen LogP contribution is 2.18. The Labute approximate surface area is 121 Å². The van der Waals surface area contributed by atoms with Crippen LogP contribution in [0.5, 0.6) is 5.75 Å². The van der Waals surface area contributed by atoms with Crippen molar-refractivity contribution < 1.29 is 4.74 Å². The lowest BCUT2D eigenvalue weighted by atomic mass is 10.1. The van der Waals surface area contributed by atoms with Crippen molar-refractivity contribution in [2.75, 3.05) is 6.54 Å². The van der Waals surface area contributed by atoms with Crippen LogP contribution < -0.4 is 10.1 Å². The molecule has 3 nitrogen and oxygen atoms in total. The molecule has 1 aromatic heterocycles. The average molecular weight is 270 g/mol. The Morgan fingerprint density at radius 2 is 2.00 bits per heavy atom. The summed E-state index contributed by atoms with van der Waals surface area (Å²) < 4.78 is 5.93. The third-order valence-corrected chi connectivity index (χ3v) is 3.09. The van der Waals surface area contributed by atoms with Gasteiger partial charge in [0.2, 0.25) is 0 Å². The summed E-state index contributed by atoms with van der Waals surface area (Å²) in [6.07, 6.45) is 0. The van der Waals surface area contributed by atoms with Crippen LogP contribution in [0.3, 0.4) is 0 Å². The standard InChI is InChI=1S/C17H22N2O/c1-4-18-11-16-17(9-8-14(3)19-16)20-12-15-7-5-6-13(2)10-15/h5-10,18H,4,11-12H2,1-3H3. The van der Waals surface area contributed by atoms with E-state index in [1.165, 1.54) is 11.1 Å². The number of hydrogen-bond acceptors (Lipinski definition) is 3. The number of benzene rings is 1.